The first-order valence-electron chi connectivity index (χ1n) is 6.99. The van der Waals surface area contributed by atoms with Gasteiger partial charge >= 0.3 is 0 Å². The molecule has 1 fully saturated rings. The van der Waals surface area contributed by atoms with Crippen LogP contribution in [0.15, 0.2) is 47.3 Å². The lowest BCUT2D eigenvalue weighted by molar-refractivity contribution is 0.0789. The summed E-state index contributed by atoms with van der Waals surface area (Å²) in [4.78, 5) is 28.9. The van der Waals surface area contributed by atoms with Gasteiger partial charge in [0, 0.05) is 24.8 Å². The van der Waals surface area contributed by atoms with Crippen molar-refractivity contribution in [2.45, 2.75) is 12.5 Å². The lowest BCUT2D eigenvalue weighted by Gasteiger charge is -2.15. The summed E-state index contributed by atoms with van der Waals surface area (Å²) in [6.45, 7) is 1.12. The lowest BCUT2D eigenvalue weighted by Crippen LogP contribution is -2.35. The molecule has 108 valence electrons. The van der Waals surface area contributed by atoms with E-state index in [-0.39, 0.29) is 23.1 Å². The predicted octanol–water partition coefficient (Wildman–Crippen LogP) is 1.22. The fourth-order valence-electron chi connectivity index (χ4n) is 2.57. The van der Waals surface area contributed by atoms with E-state index in [0.29, 0.717) is 18.8 Å². The van der Waals surface area contributed by atoms with Crippen LogP contribution in [0.2, 0.25) is 0 Å². The molecule has 1 amide bonds. The van der Waals surface area contributed by atoms with Crippen LogP contribution in [0.5, 0.6) is 0 Å². The summed E-state index contributed by atoms with van der Waals surface area (Å²) in [5.41, 5.74) is 7.23. The minimum absolute atomic E-state index is 0.0108. The first-order chi connectivity index (χ1) is 10.1. The number of hydrogen-bond acceptors (Lipinski definition) is 3. The van der Waals surface area contributed by atoms with Crippen molar-refractivity contribution in [3.8, 4) is 11.3 Å². The normalized spacial score (nSPS) is 18.0. The highest BCUT2D eigenvalue weighted by Crippen LogP contribution is 2.16. The first-order valence-corrected chi connectivity index (χ1v) is 6.99. The zero-order valence-electron chi connectivity index (χ0n) is 11.6. The van der Waals surface area contributed by atoms with Gasteiger partial charge in [-0.2, -0.15) is 0 Å². The molecule has 0 spiro atoms. The maximum atomic E-state index is 12.3. The van der Waals surface area contributed by atoms with Gasteiger partial charge in [0.2, 0.25) is 0 Å². The van der Waals surface area contributed by atoms with Crippen LogP contribution in [0.4, 0.5) is 0 Å². The second kappa shape index (κ2) is 5.54. The Morgan fingerprint density at radius 3 is 2.57 bits per heavy atom. The molecule has 1 saturated heterocycles. The van der Waals surface area contributed by atoms with Crippen LogP contribution in [0, 0.1) is 0 Å². The zero-order valence-corrected chi connectivity index (χ0v) is 11.6. The van der Waals surface area contributed by atoms with Gasteiger partial charge in [0.05, 0.1) is 0 Å². The molecule has 0 unspecified atom stereocenters. The lowest BCUT2D eigenvalue weighted by atomic mass is 10.1. The quantitative estimate of drug-likeness (QED) is 0.869. The summed E-state index contributed by atoms with van der Waals surface area (Å²) in [7, 11) is 0. The van der Waals surface area contributed by atoms with E-state index in [1.807, 2.05) is 30.3 Å². The molecule has 3 N–H and O–H groups in total. The van der Waals surface area contributed by atoms with Crippen molar-refractivity contribution in [1.82, 2.24) is 9.88 Å². The smallest absolute Gasteiger partial charge is 0.261 e. The molecule has 1 atom stereocenters. The van der Waals surface area contributed by atoms with Gasteiger partial charge in [0.1, 0.15) is 5.56 Å². The van der Waals surface area contributed by atoms with Gasteiger partial charge in [-0.25, -0.2) is 0 Å². The van der Waals surface area contributed by atoms with Crippen LogP contribution in [-0.2, 0) is 0 Å². The van der Waals surface area contributed by atoms with Crippen molar-refractivity contribution in [2.75, 3.05) is 13.1 Å². The first kappa shape index (κ1) is 13.6. The van der Waals surface area contributed by atoms with E-state index in [0.717, 1.165) is 12.0 Å². The highest BCUT2D eigenvalue weighted by atomic mass is 16.2. The number of benzene rings is 1. The van der Waals surface area contributed by atoms with Crippen LogP contribution in [0.1, 0.15) is 16.8 Å². The van der Waals surface area contributed by atoms with Crippen LogP contribution in [0.3, 0.4) is 0 Å². The molecule has 21 heavy (non-hydrogen) atoms. The summed E-state index contributed by atoms with van der Waals surface area (Å²) >= 11 is 0. The molecule has 1 aliphatic rings. The van der Waals surface area contributed by atoms with Gasteiger partial charge in [-0.15, -0.1) is 0 Å². The third-order valence-corrected chi connectivity index (χ3v) is 3.74. The third-order valence-electron chi connectivity index (χ3n) is 3.74. The monoisotopic (exact) mass is 283 g/mol. The average Bonchev–Trinajstić information content (AvgIpc) is 2.94. The number of aromatic amines is 1. The maximum absolute atomic E-state index is 12.3. The van der Waals surface area contributed by atoms with Crippen LogP contribution in [0.25, 0.3) is 11.3 Å². The number of H-pyrrole nitrogens is 1. The van der Waals surface area contributed by atoms with Gasteiger partial charge in [-0.05, 0) is 24.1 Å². The Bertz CT molecular complexity index is 709. The van der Waals surface area contributed by atoms with Crippen LogP contribution >= 0.6 is 0 Å². The summed E-state index contributed by atoms with van der Waals surface area (Å²) in [6.07, 6.45) is 0.783. The summed E-state index contributed by atoms with van der Waals surface area (Å²) in [6, 6.07) is 12.9. The molecule has 2 aromatic rings. The summed E-state index contributed by atoms with van der Waals surface area (Å²) in [5, 5.41) is 0. The number of hydrogen-bond donors (Lipinski definition) is 2. The number of carbonyl (C=O) groups excluding carboxylic acids is 1. The van der Waals surface area contributed by atoms with E-state index in [1.54, 1.807) is 17.0 Å². The van der Waals surface area contributed by atoms with Crippen molar-refractivity contribution in [3.05, 3.63) is 58.4 Å². The number of rotatable bonds is 2. The van der Waals surface area contributed by atoms with E-state index in [2.05, 4.69) is 4.98 Å². The third kappa shape index (κ3) is 2.73. The standard InChI is InChI=1S/C16H17N3O2/c17-12-8-9-19(10-12)16(21)13-6-7-14(18-15(13)20)11-4-2-1-3-5-11/h1-7,12H,8-10,17H2,(H,18,20)/t12-/m1/s1. The van der Waals surface area contributed by atoms with Crippen molar-refractivity contribution >= 4 is 5.91 Å². The number of carbonyl (C=O) groups is 1. The highest BCUT2D eigenvalue weighted by molar-refractivity contribution is 5.94. The van der Waals surface area contributed by atoms with Gasteiger partial charge < -0.3 is 15.6 Å². The van der Waals surface area contributed by atoms with Crippen molar-refractivity contribution < 1.29 is 4.79 Å². The molecule has 1 aliphatic heterocycles. The fourth-order valence-corrected chi connectivity index (χ4v) is 2.57. The highest BCUT2D eigenvalue weighted by Gasteiger charge is 2.26. The Kier molecular flexibility index (Phi) is 3.58. The molecule has 1 aromatic heterocycles. The molecule has 2 heterocycles. The summed E-state index contributed by atoms with van der Waals surface area (Å²) < 4.78 is 0. The number of likely N-dealkylation sites (tertiary alicyclic amines) is 1. The predicted molar refractivity (Wildman–Crippen MR) is 81.0 cm³/mol. The molecular weight excluding hydrogens is 266 g/mol. The maximum Gasteiger partial charge on any atom is 0.261 e. The molecule has 0 saturated carbocycles. The molecule has 5 heteroatoms. The molecule has 3 rings (SSSR count). The Labute approximate surface area is 122 Å². The number of nitrogens with zero attached hydrogens (tertiary/aromatic N) is 1. The number of pyridine rings is 1. The largest absolute Gasteiger partial charge is 0.337 e. The number of nitrogens with two attached hydrogens (primary N) is 1. The molecule has 5 nitrogen and oxygen atoms in total. The molecule has 0 aliphatic carbocycles. The van der Waals surface area contributed by atoms with Crippen molar-refractivity contribution in [2.24, 2.45) is 5.73 Å². The molecule has 1 aromatic carbocycles. The van der Waals surface area contributed by atoms with Gasteiger partial charge in [0.25, 0.3) is 11.5 Å². The average molecular weight is 283 g/mol. The fraction of sp³-hybridized carbons (Fsp3) is 0.250. The topological polar surface area (TPSA) is 79.2 Å². The SMILES string of the molecule is N[C@@H]1CCN(C(=O)c2ccc(-c3ccccc3)[nH]c2=O)C1. The van der Waals surface area contributed by atoms with Gasteiger partial charge in [-0.3, -0.25) is 9.59 Å². The minimum atomic E-state index is -0.359. The molecule has 0 radical (unpaired) electrons. The number of aromatic nitrogens is 1. The number of amides is 1. The van der Waals surface area contributed by atoms with E-state index in [4.69, 9.17) is 5.73 Å². The second-order valence-corrected chi connectivity index (χ2v) is 5.28. The Morgan fingerprint density at radius 1 is 1.19 bits per heavy atom. The Hall–Kier alpha value is -2.40. The Balaban J connectivity index is 1.88. The Morgan fingerprint density at radius 2 is 1.95 bits per heavy atom. The van der Waals surface area contributed by atoms with Crippen molar-refractivity contribution in [3.63, 3.8) is 0 Å². The van der Waals surface area contributed by atoms with E-state index in [9.17, 15) is 9.59 Å². The van der Waals surface area contributed by atoms with E-state index < -0.39 is 0 Å². The number of nitrogens with one attached hydrogen (secondary N) is 1. The molecule has 0 bridgehead atoms. The van der Waals surface area contributed by atoms with Gasteiger partial charge in [-0.1, -0.05) is 30.3 Å². The van der Waals surface area contributed by atoms with Crippen molar-refractivity contribution in [1.29, 1.82) is 0 Å². The molecular formula is C16H17N3O2. The van der Waals surface area contributed by atoms with E-state index >= 15 is 0 Å². The summed E-state index contributed by atoms with van der Waals surface area (Å²) in [5.74, 6) is -0.246. The van der Waals surface area contributed by atoms with Gasteiger partial charge in [0.15, 0.2) is 0 Å². The second-order valence-electron chi connectivity index (χ2n) is 5.28. The van der Waals surface area contributed by atoms with E-state index in [1.165, 1.54) is 0 Å². The minimum Gasteiger partial charge on any atom is -0.337 e. The zero-order chi connectivity index (χ0) is 14.8. The van der Waals surface area contributed by atoms with Crippen LogP contribution < -0.4 is 11.3 Å². The van der Waals surface area contributed by atoms with Crippen LogP contribution in [-0.4, -0.2) is 34.9 Å².